The van der Waals surface area contributed by atoms with E-state index in [0.29, 0.717) is 11.3 Å². The lowest BCUT2D eigenvalue weighted by atomic mass is 10.2. The summed E-state index contributed by atoms with van der Waals surface area (Å²) in [5.41, 5.74) is 0.143. The number of benzene rings is 2. The van der Waals surface area contributed by atoms with Gasteiger partial charge < -0.3 is 4.74 Å². The van der Waals surface area contributed by atoms with Gasteiger partial charge in [0.15, 0.2) is 0 Å². The van der Waals surface area contributed by atoms with Crippen LogP contribution in [0.4, 0.5) is 5.69 Å². The largest absolute Gasteiger partial charge is 0.450 e. The lowest BCUT2D eigenvalue weighted by molar-refractivity contribution is -0.385. The van der Waals surface area contributed by atoms with Crippen molar-refractivity contribution < 1.29 is 9.66 Å². The van der Waals surface area contributed by atoms with Gasteiger partial charge in [-0.3, -0.25) is 10.1 Å². The number of thioether (sulfide) groups is 1. The molecule has 0 radical (unpaired) electrons. The van der Waals surface area contributed by atoms with E-state index in [1.165, 1.54) is 18.2 Å². The van der Waals surface area contributed by atoms with Crippen LogP contribution in [-0.4, -0.2) is 11.2 Å². The summed E-state index contributed by atoms with van der Waals surface area (Å²) in [6.07, 6.45) is 1.96. The number of nitro groups is 1. The minimum atomic E-state index is -0.535. The van der Waals surface area contributed by atoms with Gasteiger partial charge in [0.25, 0.3) is 0 Å². The van der Waals surface area contributed by atoms with Crippen LogP contribution >= 0.6 is 11.8 Å². The smallest absolute Gasteiger partial charge is 0.311 e. The normalized spacial score (nSPS) is 9.80. The molecule has 0 atom stereocenters. The van der Waals surface area contributed by atoms with Gasteiger partial charge >= 0.3 is 5.69 Å². The summed E-state index contributed by atoms with van der Waals surface area (Å²) in [6.45, 7) is 0. The average molecular weight is 286 g/mol. The third-order valence-corrected chi connectivity index (χ3v) is 3.32. The van der Waals surface area contributed by atoms with Gasteiger partial charge in [-0.2, -0.15) is 5.26 Å². The van der Waals surface area contributed by atoms with E-state index in [4.69, 9.17) is 10.00 Å². The van der Waals surface area contributed by atoms with Crippen LogP contribution in [-0.2, 0) is 0 Å². The van der Waals surface area contributed by atoms with Crippen molar-refractivity contribution in [3.8, 4) is 17.6 Å². The number of ether oxygens (including phenoxy) is 1. The standard InChI is InChI=1S/C14H10N2O3S/c1-20-12-5-3-11(4-6-12)19-14-8-10(9-15)2-7-13(14)16(17)18/h2-8H,1H3. The van der Waals surface area contributed by atoms with Gasteiger partial charge in [0.2, 0.25) is 5.75 Å². The van der Waals surface area contributed by atoms with Crippen LogP contribution in [0.1, 0.15) is 5.56 Å². The van der Waals surface area contributed by atoms with Crippen LogP contribution < -0.4 is 4.74 Å². The zero-order chi connectivity index (χ0) is 14.5. The van der Waals surface area contributed by atoms with Crippen LogP contribution in [0, 0.1) is 21.4 Å². The molecular formula is C14H10N2O3S. The Kier molecular flexibility index (Phi) is 4.23. The zero-order valence-electron chi connectivity index (χ0n) is 10.6. The molecular weight excluding hydrogens is 276 g/mol. The topological polar surface area (TPSA) is 76.2 Å². The predicted octanol–water partition coefficient (Wildman–Crippen LogP) is 3.98. The van der Waals surface area contributed by atoms with E-state index < -0.39 is 4.92 Å². The van der Waals surface area contributed by atoms with Crippen LogP contribution in [0.25, 0.3) is 0 Å². The summed E-state index contributed by atoms with van der Waals surface area (Å²) in [6, 6.07) is 13.1. The highest BCUT2D eigenvalue weighted by Crippen LogP contribution is 2.32. The first kappa shape index (κ1) is 13.9. The molecule has 0 saturated carbocycles. The Bertz CT molecular complexity index is 678. The molecule has 0 bridgehead atoms. The highest BCUT2D eigenvalue weighted by atomic mass is 32.2. The van der Waals surface area contributed by atoms with E-state index in [-0.39, 0.29) is 11.4 Å². The molecule has 0 spiro atoms. The molecule has 0 aliphatic heterocycles. The molecule has 0 aliphatic carbocycles. The third kappa shape index (κ3) is 3.08. The molecule has 2 aromatic carbocycles. The SMILES string of the molecule is CSc1ccc(Oc2cc(C#N)ccc2[N+](=O)[O-])cc1. The van der Waals surface area contributed by atoms with Crippen LogP contribution in [0.3, 0.4) is 0 Å². The van der Waals surface area contributed by atoms with E-state index in [9.17, 15) is 10.1 Å². The molecule has 2 aromatic rings. The number of nitro benzene ring substituents is 1. The fourth-order valence-electron chi connectivity index (χ4n) is 1.59. The lowest BCUT2D eigenvalue weighted by Gasteiger charge is -2.07. The van der Waals surface area contributed by atoms with Crippen molar-refractivity contribution >= 4 is 17.4 Å². The maximum absolute atomic E-state index is 11.0. The summed E-state index contributed by atoms with van der Waals surface area (Å²) in [5.74, 6) is 0.548. The lowest BCUT2D eigenvalue weighted by Crippen LogP contribution is -1.94. The van der Waals surface area contributed by atoms with Gasteiger partial charge in [-0.05, 0) is 36.6 Å². The number of nitriles is 1. The summed E-state index contributed by atoms with van der Waals surface area (Å²) in [4.78, 5) is 11.5. The number of hydrogen-bond donors (Lipinski definition) is 0. The molecule has 0 aromatic heterocycles. The predicted molar refractivity (Wildman–Crippen MR) is 76.1 cm³/mol. The molecule has 0 fully saturated rings. The maximum atomic E-state index is 11.0. The summed E-state index contributed by atoms with van der Waals surface area (Å²) >= 11 is 1.59. The molecule has 0 amide bonds. The molecule has 5 nitrogen and oxygen atoms in total. The van der Waals surface area contributed by atoms with Gasteiger partial charge in [-0.15, -0.1) is 11.8 Å². The quantitative estimate of drug-likeness (QED) is 0.482. The molecule has 6 heteroatoms. The first-order valence-electron chi connectivity index (χ1n) is 5.64. The minimum Gasteiger partial charge on any atom is -0.450 e. The number of nitrogens with zero attached hydrogens (tertiary/aromatic N) is 2. The van der Waals surface area contributed by atoms with Crippen molar-refractivity contribution in [1.29, 1.82) is 5.26 Å². The van der Waals surface area contributed by atoms with Crippen molar-refractivity contribution in [2.24, 2.45) is 0 Å². The Labute approximate surface area is 120 Å². The Hall–Kier alpha value is -2.52. The second kappa shape index (κ2) is 6.08. The van der Waals surface area contributed by atoms with E-state index in [0.717, 1.165) is 4.90 Å². The average Bonchev–Trinajstić information content (AvgIpc) is 2.47. The van der Waals surface area contributed by atoms with E-state index in [1.807, 2.05) is 24.5 Å². The maximum Gasteiger partial charge on any atom is 0.311 e. The van der Waals surface area contributed by atoms with E-state index in [2.05, 4.69) is 0 Å². The Morgan fingerprint density at radius 3 is 2.50 bits per heavy atom. The van der Waals surface area contributed by atoms with Gasteiger partial charge in [0, 0.05) is 17.0 Å². The summed E-state index contributed by atoms with van der Waals surface area (Å²) < 4.78 is 5.51. The molecule has 2 rings (SSSR count). The van der Waals surface area contributed by atoms with Crippen LogP contribution in [0.5, 0.6) is 11.5 Å². The van der Waals surface area contributed by atoms with Crippen molar-refractivity contribution in [3.05, 3.63) is 58.1 Å². The highest BCUT2D eigenvalue weighted by molar-refractivity contribution is 7.98. The first-order valence-corrected chi connectivity index (χ1v) is 6.87. The van der Waals surface area contributed by atoms with Gasteiger partial charge in [-0.25, -0.2) is 0 Å². The minimum absolute atomic E-state index is 0.0611. The number of rotatable bonds is 4. The fourth-order valence-corrected chi connectivity index (χ4v) is 2.00. The zero-order valence-corrected chi connectivity index (χ0v) is 11.4. The highest BCUT2D eigenvalue weighted by Gasteiger charge is 2.16. The molecule has 0 saturated heterocycles. The molecule has 0 unspecified atom stereocenters. The molecule has 0 heterocycles. The monoisotopic (exact) mass is 286 g/mol. The van der Waals surface area contributed by atoms with Crippen molar-refractivity contribution in [1.82, 2.24) is 0 Å². The first-order chi connectivity index (χ1) is 9.63. The summed E-state index contributed by atoms with van der Waals surface area (Å²) in [5, 5.41) is 19.8. The Morgan fingerprint density at radius 2 is 1.95 bits per heavy atom. The molecule has 20 heavy (non-hydrogen) atoms. The third-order valence-electron chi connectivity index (χ3n) is 2.57. The second-order valence-electron chi connectivity index (χ2n) is 3.83. The number of hydrogen-bond acceptors (Lipinski definition) is 5. The fraction of sp³-hybridized carbons (Fsp3) is 0.0714. The van der Waals surface area contributed by atoms with Crippen molar-refractivity contribution in [2.75, 3.05) is 6.26 Å². The van der Waals surface area contributed by atoms with E-state index >= 15 is 0 Å². The van der Waals surface area contributed by atoms with E-state index in [1.54, 1.807) is 23.9 Å². The molecule has 0 aliphatic rings. The van der Waals surface area contributed by atoms with Crippen molar-refractivity contribution in [3.63, 3.8) is 0 Å². The molecule has 100 valence electrons. The second-order valence-corrected chi connectivity index (χ2v) is 4.71. The Morgan fingerprint density at radius 1 is 1.25 bits per heavy atom. The molecule has 0 N–H and O–H groups in total. The van der Waals surface area contributed by atoms with Crippen LogP contribution in [0.15, 0.2) is 47.4 Å². The Balaban J connectivity index is 2.35. The van der Waals surface area contributed by atoms with Gasteiger partial charge in [0.05, 0.1) is 16.6 Å². The van der Waals surface area contributed by atoms with Crippen LogP contribution in [0.2, 0.25) is 0 Å². The van der Waals surface area contributed by atoms with Gasteiger partial charge in [-0.1, -0.05) is 0 Å². The summed E-state index contributed by atoms with van der Waals surface area (Å²) in [7, 11) is 0. The van der Waals surface area contributed by atoms with Crippen molar-refractivity contribution in [2.45, 2.75) is 4.90 Å². The van der Waals surface area contributed by atoms with Gasteiger partial charge in [0.1, 0.15) is 5.75 Å².